The largest absolute Gasteiger partial charge is 0.444 e. The van der Waals surface area contributed by atoms with Crippen LogP contribution in [-0.4, -0.2) is 59.9 Å². The number of anilines is 1. The van der Waals surface area contributed by atoms with Crippen molar-refractivity contribution < 1.29 is 19.2 Å². The second-order valence-electron chi connectivity index (χ2n) is 7.01. The van der Waals surface area contributed by atoms with Crippen LogP contribution in [0.3, 0.4) is 0 Å². The van der Waals surface area contributed by atoms with Crippen molar-refractivity contribution >= 4 is 17.7 Å². The summed E-state index contributed by atoms with van der Waals surface area (Å²) < 4.78 is 5.51. The van der Waals surface area contributed by atoms with Crippen molar-refractivity contribution in [2.24, 2.45) is 0 Å². The SMILES string of the molecule is CO[N+](C[C@H]1CCCN1C(=O)OC(C)(C)C)(OC)c1ncc(N)cn1. The molecule has 25 heavy (non-hydrogen) atoms. The molecule has 1 amide bonds. The number of nitrogens with two attached hydrogens (primary N) is 1. The molecule has 0 aromatic carbocycles. The number of likely N-dealkylation sites (tertiary alicyclic amines) is 1. The number of carbonyl (C=O) groups is 1. The number of carbonyl (C=O) groups excluding carboxylic acids is 1. The standard InChI is InChI=1S/C16H28N5O4/c1-16(2,3)25-15(22)20-8-6-7-13(20)11-21(23-4,24-5)14-18-9-12(17)10-19-14/h9-10,13H,6-8,11,17H2,1-5H3/q+1/t13-/m1/s1. The van der Waals surface area contributed by atoms with Gasteiger partial charge in [0.2, 0.25) is 0 Å². The van der Waals surface area contributed by atoms with Crippen LogP contribution in [0.4, 0.5) is 16.4 Å². The maximum Gasteiger partial charge on any atom is 0.410 e. The first-order valence-electron chi connectivity index (χ1n) is 8.28. The molecule has 2 heterocycles. The van der Waals surface area contributed by atoms with Gasteiger partial charge in [-0.05, 0) is 33.6 Å². The van der Waals surface area contributed by atoms with Gasteiger partial charge in [-0.25, -0.2) is 4.79 Å². The molecule has 0 bridgehead atoms. The van der Waals surface area contributed by atoms with Crippen LogP contribution in [0, 0.1) is 0 Å². The molecular weight excluding hydrogens is 326 g/mol. The predicted octanol–water partition coefficient (Wildman–Crippen LogP) is 1.89. The van der Waals surface area contributed by atoms with Gasteiger partial charge in [0.05, 0.1) is 24.1 Å². The molecule has 1 fully saturated rings. The van der Waals surface area contributed by atoms with Gasteiger partial charge in [-0.1, -0.05) is 0 Å². The van der Waals surface area contributed by atoms with Gasteiger partial charge in [0, 0.05) is 11.4 Å². The van der Waals surface area contributed by atoms with E-state index in [9.17, 15) is 4.79 Å². The number of nitrogen functional groups attached to an aromatic ring is 1. The molecule has 1 aromatic rings. The highest BCUT2D eigenvalue weighted by Crippen LogP contribution is 2.27. The first kappa shape index (κ1) is 19.4. The number of aromatic nitrogens is 2. The molecule has 1 aromatic heterocycles. The van der Waals surface area contributed by atoms with Crippen LogP contribution < -0.4 is 10.5 Å². The number of rotatable bonds is 5. The molecule has 0 spiro atoms. The Morgan fingerprint density at radius 2 is 1.92 bits per heavy atom. The number of hydrogen-bond donors (Lipinski definition) is 1. The van der Waals surface area contributed by atoms with Crippen LogP contribution in [0.2, 0.25) is 0 Å². The fourth-order valence-corrected chi connectivity index (χ4v) is 2.84. The predicted molar refractivity (Wildman–Crippen MR) is 93.1 cm³/mol. The third-order valence-corrected chi connectivity index (χ3v) is 4.01. The minimum absolute atomic E-state index is 0.115. The molecule has 1 atom stereocenters. The zero-order valence-corrected chi connectivity index (χ0v) is 15.6. The number of amides is 1. The third-order valence-electron chi connectivity index (χ3n) is 4.01. The fraction of sp³-hybridized carbons (Fsp3) is 0.688. The van der Waals surface area contributed by atoms with Crippen molar-refractivity contribution in [1.82, 2.24) is 19.7 Å². The normalized spacial score (nSPS) is 18.4. The Kier molecular flexibility index (Phi) is 5.81. The monoisotopic (exact) mass is 354 g/mol. The average Bonchev–Trinajstić information content (AvgIpc) is 3.00. The number of nitrogens with zero attached hydrogens (tertiary/aromatic N) is 4. The maximum absolute atomic E-state index is 12.5. The minimum Gasteiger partial charge on any atom is -0.444 e. The van der Waals surface area contributed by atoms with E-state index in [4.69, 9.17) is 20.1 Å². The second-order valence-corrected chi connectivity index (χ2v) is 7.01. The van der Waals surface area contributed by atoms with Crippen molar-refractivity contribution in [3.8, 4) is 0 Å². The molecule has 1 aliphatic heterocycles. The summed E-state index contributed by atoms with van der Waals surface area (Å²) in [5, 5.41) is 0. The molecular formula is C16H28N5O4+. The van der Waals surface area contributed by atoms with Crippen molar-refractivity contribution in [1.29, 1.82) is 0 Å². The number of hydrogen-bond acceptors (Lipinski definition) is 7. The highest BCUT2D eigenvalue weighted by Gasteiger charge is 2.45. The molecule has 0 saturated carbocycles. The summed E-state index contributed by atoms with van der Waals surface area (Å²) in [6, 6.07) is -0.115. The van der Waals surface area contributed by atoms with Crippen molar-refractivity contribution in [2.45, 2.75) is 45.3 Å². The van der Waals surface area contributed by atoms with Crippen LogP contribution in [0.1, 0.15) is 33.6 Å². The Labute approximate surface area is 148 Å². The summed E-state index contributed by atoms with van der Waals surface area (Å²) in [7, 11) is 3.02. The van der Waals surface area contributed by atoms with E-state index in [1.807, 2.05) is 20.8 Å². The summed E-state index contributed by atoms with van der Waals surface area (Å²) >= 11 is 0. The number of ether oxygens (including phenoxy) is 1. The number of hydroxylamine groups is 2. The van der Waals surface area contributed by atoms with E-state index in [2.05, 4.69) is 9.97 Å². The molecule has 9 heteroatoms. The van der Waals surface area contributed by atoms with E-state index in [-0.39, 0.29) is 16.9 Å². The summed E-state index contributed by atoms with van der Waals surface area (Å²) in [5.41, 5.74) is 5.56. The van der Waals surface area contributed by atoms with Crippen LogP contribution >= 0.6 is 0 Å². The van der Waals surface area contributed by atoms with E-state index in [0.717, 1.165) is 12.8 Å². The lowest BCUT2D eigenvalue weighted by Gasteiger charge is -2.33. The van der Waals surface area contributed by atoms with E-state index < -0.39 is 5.60 Å². The molecule has 9 nitrogen and oxygen atoms in total. The molecule has 0 unspecified atom stereocenters. The van der Waals surface area contributed by atoms with Crippen LogP contribution in [-0.2, 0) is 14.4 Å². The van der Waals surface area contributed by atoms with Gasteiger partial charge in [0.1, 0.15) is 19.8 Å². The van der Waals surface area contributed by atoms with Gasteiger partial charge in [0.15, 0.2) is 6.54 Å². The van der Waals surface area contributed by atoms with Gasteiger partial charge in [-0.15, -0.1) is 0 Å². The summed E-state index contributed by atoms with van der Waals surface area (Å²) in [4.78, 5) is 33.4. The lowest BCUT2D eigenvalue weighted by atomic mass is 10.2. The van der Waals surface area contributed by atoms with Crippen molar-refractivity contribution in [3.05, 3.63) is 12.4 Å². The van der Waals surface area contributed by atoms with Crippen molar-refractivity contribution in [2.75, 3.05) is 33.0 Å². The zero-order valence-electron chi connectivity index (χ0n) is 15.6. The van der Waals surface area contributed by atoms with Crippen LogP contribution in [0.15, 0.2) is 12.4 Å². The number of quaternary nitrogens is 1. The van der Waals surface area contributed by atoms with Gasteiger partial charge >= 0.3 is 12.0 Å². The molecule has 0 aliphatic carbocycles. The smallest absolute Gasteiger partial charge is 0.410 e. The average molecular weight is 354 g/mol. The zero-order chi connectivity index (χ0) is 18.7. The summed E-state index contributed by atoms with van der Waals surface area (Å²) in [5.74, 6) is 0.315. The van der Waals surface area contributed by atoms with E-state index in [1.165, 1.54) is 26.6 Å². The van der Waals surface area contributed by atoms with Crippen LogP contribution in [0.5, 0.6) is 0 Å². The molecule has 0 radical (unpaired) electrons. The highest BCUT2D eigenvalue weighted by atomic mass is 17.0. The maximum atomic E-state index is 12.5. The fourth-order valence-electron chi connectivity index (χ4n) is 2.84. The van der Waals surface area contributed by atoms with Crippen LogP contribution in [0.25, 0.3) is 0 Å². The van der Waals surface area contributed by atoms with Gasteiger partial charge in [-0.2, -0.15) is 19.6 Å². The molecule has 2 N–H and O–H groups in total. The Morgan fingerprint density at radius 3 is 2.44 bits per heavy atom. The van der Waals surface area contributed by atoms with Gasteiger partial charge in [0.25, 0.3) is 0 Å². The van der Waals surface area contributed by atoms with E-state index >= 15 is 0 Å². The summed E-state index contributed by atoms with van der Waals surface area (Å²) in [6.07, 6.45) is 4.36. The highest BCUT2D eigenvalue weighted by molar-refractivity contribution is 5.69. The third kappa shape index (κ3) is 4.56. The van der Waals surface area contributed by atoms with Gasteiger partial charge in [-0.3, -0.25) is 4.90 Å². The topological polar surface area (TPSA) is 99.8 Å². The Hall–Kier alpha value is -1.97. The Morgan fingerprint density at radius 1 is 1.32 bits per heavy atom. The Bertz CT molecular complexity index is 583. The molecule has 140 valence electrons. The lowest BCUT2D eigenvalue weighted by molar-refractivity contribution is -0.334. The first-order chi connectivity index (χ1) is 11.7. The molecule has 2 rings (SSSR count). The van der Waals surface area contributed by atoms with Gasteiger partial charge < -0.3 is 10.5 Å². The van der Waals surface area contributed by atoms with Crippen molar-refractivity contribution in [3.63, 3.8) is 0 Å². The first-order valence-corrected chi connectivity index (χ1v) is 8.28. The Balaban J connectivity index is 2.20. The minimum atomic E-state index is -0.543. The quantitative estimate of drug-likeness (QED) is 0.636. The second kappa shape index (κ2) is 7.51. The van der Waals surface area contributed by atoms with E-state index in [1.54, 1.807) is 4.90 Å². The van der Waals surface area contributed by atoms with E-state index in [0.29, 0.717) is 24.7 Å². The summed E-state index contributed by atoms with van der Waals surface area (Å²) in [6.45, 7) is 6.53. The molecule has 1 aliphatic rings. The molecule has 1 saturated heterocycles. The lowest BCUT2D eigenvalue weighted by Crippen LogP contribution is -2.56.